The Balaban J connectivity index is 1.87. The van der Waals surface area contributed by atoms with E-state index in [1.54, 1.807) is 36.3 Å². The van der Waals surface area contributed by atoms with Crippen molar-refractivity contribution in [2.45, 2.75) is 6.04 Å². The first-order valence-electron chi connectivity index (χ1n) is 6.49. The first kappa shape index (κ1) is 14.6. The third kappa shape index (κ3) is 3.61. The second kappa shape index (κ2) is 7.12. The number of methoxy groups -OCH3 is 1. The van der Waals surface area contributed by atoms with Crippen LogP contribution in [0.15, 0.2) is 24.3 Å². The minimum Gasteiger partial charge on any atom is -0.497 e. The number of hydrogen-bond donors (Lipinski definition) is 1. The van der Waals surface area contributed by atoms with Gasteiger partial charge in [-0.2, -0.15) is 0 Å². The highest BCUT2D eigenvalue weighted by atomic mass is 16.5. The van der Waals surface area contributed by atoms with E-state index in [0.717, 1.165) is 5.75 Å². The zero-order chi connectivity index (χ0) is 14.4. The standard InChI is InChI=1S/C14H19NO5/c1-18-12-2-4-13(5-3-12)20-10-14(17)15-6-7-19-9-11(15)8-16/h2-5,11,16H,6-10H2,1H3. The Hall–Kier alpha value is -1.79. The smallest absolute Gasteiger partial charge is 0.260 e. The molecule has 1 N–H and O–H groups in total. The van der Waals surface area contributed by atoms with Gasteiger partial charge in [0.1, 0.15) is 11.5 Å². The Morgan fingerprint density at radius 3 is 2.75 bits per heavy atom. The van der Waals surface area contributed by atoms with Crippen molar-refractivity contribution in [2.24, 2.45) is 0 Å². The second-order valence-electron chi connectivity index (χ2n) is 4.46. The summed E-state index contributed by atoms with van der Waals surface area (Å²) in [5.74, 6) is 1.19. The molecule has 110 valence electrons. The number of hydrogen-bond acceptors (Lipinski definition) is 5. The fourth-order valence-electron chi connectivity index (χ4n) is 2.03. The Morgan fingerprint density at radius 1 is 1.40 bits per heavy atom. The number of ether oxygens (including phenoxy) is 3. The normalized spacial score (nSPS) is 18.7. The topological polar surface area (TPSA) is 68.2 Å². The van der Waals surface area contributed by atoms with Crippen molar-refractivity contribution < 1.29 is 24.1 Å². The van der Waals surface area contributed by atoms with Crippen LogP contribution < -0.4 is 9.47 Å². The summed E-state index contributed by atoms with van der Waals surface area (Å²) >= 11 is 0. The van der Waals surface area contributed by atoms with E-state index < -0.39 is 0 Å². The molecule has 0 aromatic heterocycles. The van der Waals surface area contributed by atoms with Crippen LogP contribution in [0.2, 0.25) is 0 Å². The zero-order valence-electron chi connectivity index (χ0n) is 11.4. The number of amides is 1. The average Bonchev–Trinajstić information content (AvgIpc) is 2.53. The van der Waals surface area contributed by atoms with E-state index in [9.17, 15) is 9.90 Å². The SMILES string of the molecule is COc1ccc(OCC(=O)N2CCOCC2CO)cc1. The molecule has 6 nitrogen and oxygen atoms in total. The van der Waals surface area contributed by atoms with E-state index in [1.165, 1.54) is 0 Å². The number of rotatable bonds is 5. The third-order valence-electron chi connectivity index (χ3n) is 3.18. The summed E-state index contributed by atoms with van der Waals surface area (Å²) in [5, 5.41) is 9.22. The van der Waals surface area contributed by atoms with E-state index in [2.05, 4.69) is 0 Å². The van der Waals surface area contributed by atoms with E-state index >= 15 is 0 Å². The molecule has 1 saturated heterocycles. The molecule has 1 unspecified atom stereocenters. The van der Waals surface area contributed by atoms with E-state index in [1.807, 2.05) is 0 Å². The van der Waals surface area contributed by atoms with Gasteiger partial charge in [0, 0.05) is 6.54 Å². The van der Waals surface area contributed by atoms with Crippen molar-refractivity contribution >= 4 is 5.91 Å². The van der Waals surface area contributed by atoms with Crippen LogP contribution in [0.25, 0.3) is 0 Å². The molecule has 6 heteroatoms. The van der Waals surface area contributed by atoms with Gasteiger partial charge in [0.2, 0.25) is 0 Å². The molecule has 1 atom stereocenters. The van der Waals surface area contributed by atoms with Gasteiger partial charge in [0.25, 0.3) is 5.91 Å². The Bertz CT molecular complexity index is 434. The lowest BCUT2D eigenvalue weighted by Gasteiger charge is -2.34. The molecule has 1 heterocycles. The molecule has 1 fully saturated rings. The zero-order valence-corrected chi connectivity index (χ0v) is 11.4. The number of benzene rings is 1. The molecular formula is C14H19NO5. The second-order valence-corrected chi connectivity index (χ2v) is 4.46. The molecule has 1 amide bonds. The first-order valence-corrected chi connectivity index (χ1v) is 6.49. The van der Waals surface area contributed by atoms with Gasteiger partial charge >= 0.3 is 0 Å². The molecule has 1 aliphatic heterocycles. The van der Waals surface area contributed by atoms with Crippen molar-refractivity contribution in [3.8, 4) is 11.5 Å². The number of aliphatic hydroxyl groups excluding tert-OH is 1. The Morgan fingerprint density at radius 2 is 2.10 bits per heavy atom. The van der Waals surface area contributed by atoms with Gasteiger partial charge in [-0.3, -0.25) is 4.79 Å². The third-order valence-corrected chi connectivity index (χ3v) is 3.18. The van der Waals surface area contributed by atoms with Gasteiger partial charge in [-0.05, 0) is 24.3 Å². The van der Waals surface area contributed by atoms with Crippen LogP contribution in [-0.2, 0) is 9.53 Å². The molecule has 0 saturated carbocycles. The Labute approximate surface area is 117 Å². The van der Waals surface area contributed by atoms with Crippen molar-refractivity contribution in [3.05, 3.63) is 24.3 Å². The van der Waals surface area contributed by atoms with Gasteiger partial charge in [0.15, 0.2) is 6.61 Å². The maximum absolute atomic E-state index is 12.1. The molecular weight excluding hydrogens is 262 g/mol. The van der Waals surface area contributed by atoms with Crippen molar-refractivity contribution in [2.75, 3.05) is 40.1 Å². The quantitative estimate of drug-likeness (QED) is 0.840. The number of carbonyl (C=O) groups excluding carboxylic acids is 1. The summed E-state index contributed by atoms with van der Waals surface area (Å²) in [6.07, 6.45) is 0. The largest absolute Gasteiger partial charge is 0.497 e. The number of morpholine rings is 1. The summed E-state index contributed by atoms with van der Waals surface area (Å²) in [5.41, 5.74) is 0. The molecule has 20 heavy (non-hydrogen) atoms. The van der Waals surface area contributed by atoms with Gasteiger partial charge in [-0.25, -0.2) is 0 Å². The van der Waals surface area contributed by atoms with E-state index in [4.69, 9.17) is 14.2 Å². The van der Waals surface area contributed by atoms with Crippen molar-refractivity contribution in [3.63, 3.8) is 0 Å². The lowest BCUT2D eigenvalue weighted by atomic mass is 10.2. The van der Waals surface area contributed by atoms with Crippen molar-refractivity contribution in [1.82, 2.24) is 4.90 Å². The van der Waals surface area contributed by atoms with Crippen LogP contribution in [0.5, 0.6) is 11.5 Å². The molecule has 1 aromatic carbocycles. The fraction of sp³-hybridized carbons (Fsp3) is 0.500. The lowest BCUT2D eigenvalue weighted by molar-refractivity contribution is -0.143. The first-order chi connectivity index (χ1) is 9.74. The maximum atomic E-state index is 12.1. The van der Waals surface area contributed by atoms with Crippen LogP contribution in [0, 0.1) is 0 Å². The van der Waals surface area contributed by atoms with Crippen LogP contribution in [0.3, 0.4) is 0 Å². The minimum absolute atomic E-state index is 0.0527. The summed E-state index contributed by atoms with van der Waals surface area (Å²) < 4.78 is 15.7. The maximum Gasteiger partial charge on any atom is 0.260 e. The van der Waals surface area contributed by atoms with Gasteiger partial charge in [-0.1, -0.05) is 0 Å². The van der Waals surface area contributed by atoms with Gasteiger partial charge in [-0.15, -0.1) is 0 Å². The molecule has 1 aliphatic rings. The fourth-order valence-corrected chi connectivity index (χ4v) is 2.03. The average molecular weight is 281 g/mol. The molecule has 0 aliphatic carbocycles. The van der Waals surface area contributed by atoms with Crippen LogP contribution in [-0.4, -0.2) is 62.0 Å². The monoisotopic (exact) mass is 281 g/mol. The summed E-state index contributed by atoms with van der Waals surface area (Å²) in [6.45, 7) is 1.18. The highest BCUT2D eigenvalue weighted by Crippen LogP contribution is 2.17. The predicted molar refractivity (Wildman–Crippen MR) is 71.9 cm³/mol. The summed E-state index contributed by atoms with van der Waals surface area (Å²) in [4.78, 5) is 13.7. The van der Waals surface area contributed by atoms with Crippen LogP contribution in [0.1, 0.15) is 0 Å². The molecule has 1 aromatic rings. The van der Waals surface area contributed by atoms with Gasteiger partial charge in [0.05, 0.1) is 33.0 Å². The lowest BCUT2D eigenvalue weighted by Crippen LogP contribution is -2.51. The summed E-state index contributed by atoms with van der Waals surface area (Å²) in [6, 6.07) is 6.75. The van der Waals surface area contributed by atoms with E-state index in [-0.39, 0.29) is 25.2 Å². The van der Waals surface area contributed by atoms with Gasteiger partial charge < -0.3 is 24.2 Å². The molecule has 0 spiro atoms. The molecule has 0 radical (unpaired) electrons. The minimum atomic E-state index is -0.282. The number of aliphatic hydroxyl groups is 1. The number of carbonyl (C=O) groups is 1. The highest BCUT2D eigenvalue weighted by Gasteiger charge is 2.26. The highest BCUT2D eigenvalue weighted by molar-refractivity contribution is 5.78. The molecule has 0 bridgehead atoms. The van der Waals surface area contributed by atoms with Crippen molar-refractivity contribution in [1.29, 1.82) is 0 Å². The van der Waals surface area contributed by atoms with Crippen LogP contribution in [0.4, 0.5) is 0 Å². The van der Waals surface area contributed by atoms with E-state index in [0.29, 0.717) is 25.5 Å². The summed E-state index contributed by atoms with van der Waals surface area (Å²) in [7, 11) is 1.59. The van der Waals surface area contributed by atoms with Crippen LogP contribution >= 0.6 is 0 Å². The Kier molecular flexibility index (Phi) is 5.20. The molecule has 2 rings (SSSR count). The number of nitrogens with zero attached hydrogens (tertiary/aromatic N) is 1. The predicted octanol–water partition coefficient (Wildman–Crippen LogP) is 0.294.